The molecule has 0 aliphatic heterocycles. The molecular weight excluding hydrogens is 635 g/mol. The Labute approximate surface area is 271 Å². The van der Waals surface area contributed by atoms with Gasteiger partial charge in [-0.2, -0.15) is 0 Å². The lowest BCUT2D eigenvalue weighted by molar-refractivity contribution is -0.133. The Hall–Kier alpha value is -4.79. The molecule has 0 heterocycles. The second kappa shape index (κ2) is 18.4. The number of nitrogens with one attached hydrogen (secondary N) is 5. The van der Waals surface area contributed by atoms with Crippen molar-refractivity contribution >= 4 is 43.3 Å². The van der Waals surface area contributed by atoms with Crippen LogP contribution in [0.5, 0.6) is 5.75 Å². The predicted molar refractivity (Wildman–Crippen MR) is 169 cm³/mol. The summed E-state index contributed by atoms with van der Waals surface area (Å²) in [5.41, 5.74) is 6.64. The minimum Gasteiger partial charge on any atom is -0.404 e. The molecule has 0 radical (unpaired) electrons. The Bertz CT molecular complexity index is 1450. The van der Waals surface area contributed by atoms with Crippen LogP contribution in [0.2, 0.25) is 0 Å². The Kier molecular flexibility index (Phi) is 15.0. The third-order valence-corrected chi connectivity index (χ3v) is 7.35. The SMILES string of the molecule is CCC(C)C(NC(C)=O)C(=O)NC(Cc1ccc(OP(=O)(O)O)cc1)C(=O)NCC(=O)NCC(=O)NC(Cc1ccccc1)C(N)=O. The Morgan fingerprint density at radius 2 is 1.36 bits per heavy atom. The normalized spacial score (nSPS) is 13.6. The van der Waals surface area contributed by atoms with Crippen molar-refractivity contribution in [3.8, 4) is 5.75 Å². The van der Waals surface area contributed by atoms with Gasteiger partial charge in [0.05, 0.1) is 13.1 Å². The van der Waals surface area contributed by atoms with E-state index in [1.165, 1.54) is 31.2 Å². The van der Waals surface area contributed by atoms with E-state index in [2.05, 4.69) is 31.1 Å². The Morgan fingerprint density at radius 1 is 0.787 bits per heavy atom. The zero-order valence-electron chi connectivity index (χ0n) is 26.2. The fraction of sp³-hybridized carbons (Fsp3) is 0.400. The molecule has 2 aromatic carbocycles. The Balaban J connectivity index is 2.06. The van der Waals surface area contributed by atoms with E-state index in [0.29, 0.717) is 12.0 Å². The average molecular weight is 677 g/mol. The van der Waals surface area contributed by atoms with Gasteiger partial charge in [-0.05, 0) is 29.2 Å². The standard InChI is InChI=1S/C30H41N6O10P/c1-4-18(2)27(34-19(3)37)30(42)36-24(15-21-10-12-22(13-11-21)46-47(43,44)45)29(41)33-16-25(38)32-17-26(39)35-23(28(31)40)14-20-8-6-5-7-9-20/h5-13,18,23-24,27H,4,14-17H2,1-3H3,(H2,31,40)(H,32,38)(H,33,41)(H,34,37)(H,35,39)(H,36,42)(H2,43,44,45). The smallest absolute Gasteiger partial charge is 0.404 e. The van der Waals surface area contributed by atoms with Gasteiger partial charge in [0.2, 0.25) is 35.4 Å². The van der Waals surface area contributed by atoms with Gasteiger partial charge < -0.3 is 36.8 Å². The number of phosphoric ester groups is 1. The van der Waals surface area contributed by atoms with Gasteiger partial charge in [-0.15, -0.1) is 0 Å². The predicted octanol–water partition coefficient (Wildman–Crippen LogP) is -0.819. The van der Waals surface area contributed by atoms with E-state index >= 15 is 0 Å². The summed E-state index contributed by atoms with van der Waals surface area (Å²) in [6, 6.07) is 11.1. The first-order chi connectivity index (χ1) is 22.1. The molecule has 16 nitrogen and oxygen atoms in total. The van der Waals surface area contributed by atoms with Crippen LogP contribution in [0.1, 0.15) is 38.3 Å². The number of carbonyl (C=O) groups excluding carboxylic acids is 6. The highest BCUT2D eigenvalue weighted by molar-refractivity contribution is 7.46. The number of phosphoric acid groups is 1. The second-order valence-corrected chi connectivity index (χ2v) is 11.9. The van der Waals surface area contributed by atoms with E-state index in [1.807, 2.05) is 6.92 Å². The largest absolute Gasteiger partial charge is 0.524 e. The molecule has 17 heteroatoms. The summed E-state index contributed by atoms with van der Waals surface area (Å²) in [6.07, 6.45) is 0.579. The number of rotatable bonds is 18. The van der Waals surface area contributed by atoms with Crippen molar-refractivity contribution < 1.29 is 47.6 Å². The lowest BCUT2D eigenvalue weighted by Gasteiger charge is -2.26. The van der Waals surface area contributed by atoms with Crippen molar-refractivity contribution in [3.63, 3.8) is 0 Å². The molecule has 0 fully saturated rings. The molecule has 2 rings (SSSR count). The van der Waals surface area contributed by atoms with E-state index in [0.717, 1.165) is 5.56 Å². The minimum absolute atomic E-state index is 0.110. The van der Waals surface area contributed by atoms with Crippen LogP contribution in [0.4, 0.5) is 0 Å². The molecule has 9 N–H and O–H groups in total. The molecule has 256 valence electrons. The Morgan fingerprint density at radius 3 is 1.91 bits per heavy atom. The van der Waals surface area contributed by atoms with E-state index in [-0.39, 0.29) is 24.5 Å². The van der Waals surface area contributed by atoms with Crippen LogP contribution in [-0.2, 0) is 46.2 Å². The molecule has 6 amide bonds. The maximum atomic E-state index is 13.2. The second-order valence-electron chi connectivity index (χ2n) is 10.8. The topological polar surface area (TPSA) is 255 Å². The first-order valence-corrected chi connectivity index (χ1v) is 16.2. The van der Waals surface area contributed by atoms with Crippen LogP contribution in [-0.4, -0.2) is 76.4 Å². The summed E-state index contributed by atoms with van der Waals surface area (Å²) in [6.45, 7) is 3.75. The highest BCUT2D eigenvalue weighted by Gasteiger charge is 2.30. The van der Waals surface area contributed by atoms with Crippen LogP contribution >= 0.6 is 7.82 Å². The van der Waals surface area contributed by atoms with Crippen LogP contribution in [0.25, 0.3) is 0 Å². The summed E-state index contributed by atoms with van der Waals surface area (Å²) in [4.78, 5) is 92.9. The van der Waals surface area contributed by atoms with Crippen molar-refractivity contribution in [3.05, 3.63) is 65.7 Å². The summed E-state index contributed by atoms with van der Waals surface area (Å²) < 4.78 is 15.6. The van der Waals surface area contributed by atoms with Crippen molar-refractivity contribution in [2.75, 3.05) is 13.1 Å². The third-order valence-electron chi connectivity index (χ3n) is 6.91. The first-order valence-electron chi connectivity index (χ1n) is 14.7. The molecule has 0 bridgehead atoms. The maximum Gasteiger partial charge on any atom is 0.524 e. The molecule has 0 saturated heterocycles. The van der Waals surface area contributed by atoms with Crippen LogP contribution in [0, 0.1) is 5.92 Å². The van der Waals surface area contributed by atoms with Crippen molar-refractivity contribution in [2.24, 2.45) is 11.7 Å². The van der Waals surface area contributed by atoms with Crippen LogP contribution in [0.3, 0.4) is 0 Å². The molecule has 4 atom stereocenters. The summed E-state index contributed by atoms with van der Waals surface area (Å²) in [7, 11) is -4.80. The van der Waals surface area contributed by atoms with E-state index in [1.54, 1.807) is 37.3 Å². The monoisotopic (exact) mass is 676 g/mol. The minimum atomic E-state index is -4.80. The van der Waals surface area contributed by atoms with E-state index in [4.69, 9.17) is 15.5 Å². The van der Waals surface area contributed by atoms with Crippen LogP contribution in [0.15, 0.2) is 54.6 Å². The van der Waals surface area contributed by atoms with E-state index in [9.17, 15) is 33.3 Å². The molecule has 0 spiro atoms. The first kappa shape index (κ1) is 38.4. The summed E-state index contributed by atoms with van der Waals surface area (Å²) >= 11 is 0. The number of hydrogen-bond acceptors (Lipinski definition) is 8. The van der Waals surface area contributed by atoms with Crippen molar-refractivity contribution in [2.45, 2.75) is 58.2 Å². The average Bonchev–Trinajstić information content (AvgIpc) is 3.00. The third kappa shape index (κ3) is 14.5. The zero-order chi connectivity index (χ0) is 35.1. The number of nitrogens with two attached hydrogens (primary N) is 1. The summed E-state index contributed by atoms with van der Waals surface area (Å²) in [5, 5.41) is 12.4. The van der Waals surface area contributed by atoms with Gasteiger partial charge in [-0.3, -0.25) is 38.6 Å². The lowest BCUT2D eigenvalue weighted by Crippen LogP contribution is -2.56. The van der Waals surface area contributed by atoms with Gasteiger partial charge in [-0.1, -0.05) is 62.7 Å². The summed E-state index contributed by atoms with van der Waals surface area (Å²) in [5.74, 6) is -4.46. The van der Waals surface area contributed by atoms with Gasteiger partial charge in [0.25, 0.3) is 0 Å². The number of benzene rings is 2. The number of amides is 6. The number of hydrogen-bond donors (Lipinski definition) is 8. The van der Waals surface area contributed by atoms with Crippen molar-refractivity contribution in [1.82, 2.24) is 26.6 Å². The van der Waals surface area contributed by atoms with Gasteiger partial charge in [0, 0.05) is 19.8 Å². The highest BCUT2D eigenvalue weighted by atomic mass is 31.2. The van der Waals surface area contributed by atoms with Gasteiger partial charge >= 0.3 is 7.82 Å². The number of carbonyl (C=O) groups is 6. The molecule has 47 heavy (non-hydrogen) atoms. The molecule has 0 aliphatic carbocycles. The quantitative estimate of drug-likeness (QED) is 0.0911. The molecule has 0 aliphatic rings. The fourth-order valence-corrected chi connectivity index (χ4v) is 4.70. The zero-order valence-corrected chi connectivity index (χ0v) is 27.1. The molecule has 0 aromatic heterocycles. The number of primary amides is 1. The van der Waals surface area contributed by atoms with Gasteiger partial charge in [0.1, 0.15) is 23.9 Å². The van der Waals surface area contributed by atoms with Gasteiger partial charge in [-0.25, -0.2) is 4.57 Å². The lowest BCUT2D eigenvalue weighted by atomic mass is 9.97. The molecular formula is C30H41N6O10P. The van der Waals surface area contributed by atoms with Crippen LogP contribution < -0.4 is 36.8 Å². The van der Waals surface area contributed by atoms with Crippen molar-refractivity contribution in [1.29, 1.82) is 0 Å². The maximum absolute atomic E-state index is 13.2. The molecule has 0 saturated carbocycles. The highest BCUT2D eigenvalue weighted by Crippen LogP contribution is 2.37. The fourth-order valence-electron chi connectivity index (χ4n) is 4.30. The van der Waals surface area contributed by atoms with Gasteiger partial charge in [0.15, 0.2) is 0 Å². The van der Waals surface area contributed by atoms with E-state index < -0.39 is 74.5 Å². The molecule has 2 aromatic rings. The molecule has 4 unspecified atom stereocenters.